The second kappa shape index (κ2) is 6.92. The number of benzene rings is 1. The summed E-state index contributed by atoms with van der Waals surface area (Å²) in [4.78, 5) is 14.6. The van der Waals surface area contributed by atoms with Gasteiger partial charge in [0.1, 0.15) is 5.82 Å². The molecule has 116 valence electrons. The Hall–Kier alpha value is -1.58. The van der Waals surface area contributed by atoms with Crippen molar-refractivity contribution >= 4 is 11.6 Å². The Morgan fingerprint density at radius 1 is 1.33 bits per heavy atom. The van der Waals surface area contributed by atoms with Crippen LogP contribution in [0.1, 0.15) is 43.5 Å². The number of carbonyl (C=O) groups is 1. The van der Waals surface area contributed by atoms with E-state index in [1.54, 1.807) is 19.2 Å². The maximum Gasteiger partial charge on any atom is 0.256 e. The van der Waals surface area contributed by atoms with Crippen molar-refractivity contribution in [2.24, 2.45) is 11.8 Å². The second-order valence-corrected chi connectivity index (χ2v) is 6.14. The molecule has 1 aliphatic rings. The van der Waals surface area contributed by atoms with Crippen molar-refractivity contribution in [1.82, 2.24) is 4.90 Å². The highest BCUT2D eigenvalue weighted by atomic mass is 19.1. The molecule has 4 heteroatoms. The summed E-state index contributed by atoms with van der Waals surface area (Å²) in [5, 5.41) is 2.80. The van der Waals surface area contributed by atoms with Gasteiger partial charge in [0, 0.05) is 20.1 Å². The average Bonchev–Trinajstić information content (AvgIpc) is 2.72. The van der Waals surface area contributed by atoms with Crippen LogP contribution in [0.3, 0.4) is 0 Å². The van der Waals surface area contributed by atoms with Crippen LogP contribution in [0, 0.1) is 17.7 Å². The van der Waals surface area contributed by atoms with Gasteiger partial charge in [-0.25, -0.2) is 4.39 Å². The lowest BCUT2D eigenvalue weighted by Crippen LogP contribution is -2.32. The van der Waals surface area contributed by atoms with Crippen LogP contribution in [0.25, 0.3) is 0 Å². The van der Waals surface area contributed by atoms with Gasteiger partial charge in [0.25, 0.3) is 5.91 Å². The van der Waals surface area contributed by atoms with Crippen molar-refractivity contribution in [2.45, 2.75) is 33.1 Å². The van der Waals surface area contributed by atoms with E-state index in [9.17, 15) is 9.18 Å². The number of rotatable bonds is 3. The minimum atomic E-state index is -0.377. The van der Waals surface area contributed by atoms with Gasteiger partial charge in [-0.1, -0.05) is 19.9 Å². The molecule has 3 nitrogen and oxygen atoms in total. The molecule has 1 aliphatic heterocycles. The summed E-state index contributed by atoms with van der Waals surface area (Å²) in [6.45, 7) is 6.02. The Kier molecular flexibility index (Phi) is 5.21. The minimum absolute atomic E-state index is 0.0664. The molecule has 1 unspecified atom stereocenters. The van der Waals surface area contributed by atoms with Crippen LogP contribution in [0.15, 0.2) is 18.2 Å². The Balaban J connectivity index is 2.15. The van der Waals surface area contributed by atoms with Crippen LogP contribution in [0.5, 0.6) is 0 Å². The Labute approximate surface area is 126 Å². The molecule has 0 radical (unpaired) electrons. The molecule has 0 saturated carbocycles. The Morgan fingerprint density at radius 2 is 2.10 bits per heavy atom. The Morgan fingerprint density at radius 3 is 2.76 bits per heavy atom. The molecule has 0 aliphatic carbocycles. The lowest BCUT2D eigenvalue weighted by Gasteiger charge is -2.23. The number of likely N-dealkylation sites (tertiary alicyclic amines) is 1. The lowest BCUT2D eigenvalue weighted by molar-refractivity contribution is 0.0759. The van der Waals surface area contributed by atoms with Gasteiger partial charge in [-0.05, 0) is 43.2 Å². The summed E-state index contributed by atoms with van der Waals surface area (Å²) in [6.07, 6.45) is 3.23. The highest BCUT2D eigenvalue weighted by molar-refractivity contribution is 5.99. The first kappa shape index (κ1) is 15.8. The summed E-state index contributed by atoms with van der Waals surface area (Å²) in [6, 6.07) is 4.67. The molecule has 2 rings (SSSR count). The van der Waals surface area contributed by atoms with Crippen LogP contribution >= 0.6 is 0 Å². The van der Waals surface area contributed by atoms with E-state index in [-0.39, 0.29) is 11.7 Å². The van der Waals surface area contributed by atoms with E-state index < -0.39 is 0 Å². The zero-order chi connectivity index (χ0) is 15.4. The van der Waals surface area contributed by atoms with Gasteiger partial charge < -0.3 is 10.2 Å². The standard InChI is InChI=1S/C17H25FN2O/c1-12(2)13-6-5-10-20(11-9-13)17(21)14-7-4-8-15(18)16(14)19-3/h4,7-8,12-13,19H,5-6,9-11H2,1-3H3. The predicted octanol–water partition coefficient (Wildman–Crippen LogP) is 3.77. The predicted molar refractivity (Wildman–Crippen MR) is 84.0 cm³/mol. The fraction of sp³-hybridized carbons (Fsp3) is 0.588. The number of anilines is 1. The third-order valence-corrected chi connectivity index (χ3v) is 4.50. The van der Waals surface area contributed by atoms with Gasteiger partial charge in [-0.2, -0.15) is 0 Å². The van der Waals surface area contributed by atoms with Gasteiger partial charge in [0.05, 0.1) is 11.3 Å². The van der Waals surface area contributed by atoms with Crippen molar-refractivity contribution < 1.29 is 9.18 Å². The van der Waals surface area contributed by atoms with Crippen molar-refractivity contribution in [1.29, 1.82) is 0 Å². The third-order valence-electron chi connectivity index (χ3n) is 4.50. The van der Waals surface area contributed by atoms with Crippen LogP contribution in [-0.2, 0) is 0 Å². The van der Waals surface area contributed by atoms with Crippen LogP contribution in [-0.4, -0.2) is 30.9 Å². The van der Waals surface area contributed by atoms with Gasteiger partial charge in [-0.3, -0.25) is 4.79 Å². The summed E-state index contributed by atoms with van der Waals surface area (Å²) in [5.74, 6) is 0.891. The molecular weight excluding hydrogens is 267 g/mol. The largest absolute Gasteiger partial charge is 0.385 e. The normalized spacial score (nSPS) is 19.5. The molecule has 0 spiro atoms. The molecular formula is C17H25FN2O. The number of nitrogens with zero attached hydrogens (tertiary/aromatic N) is 1. The van der Waals surface area contributed by atoms with Crippen LogP contribution in [0.4, 0.5) is 10.1 Å². The van der Waals surface area contributed by atoms with Crippen molar-refractivity contribution in [3.63, 3.8) is 0 Å². The molecule has 1 heterocycles. The number of halogens is 1. The first-order chi connectivity index (χ1) is 10.0. The molecule has 1 N–H and O–H groups in total. The molecule has 21 heavy (non-hydrogen) atoms. The maximum absolute atomic E-state index is 13.8. The SMILES string of the molecule is CNc1c(F)cccc1C(=O)N1CCCC(C(C)C)CC1. The first-order valence-corrected chi connectivity index (χ1v) is 7.80. The van der Waals surface area contributed by atoms with E-state index in [0.29, 0.717) is 23.1 Å². The molecule has 1 atom stereocenters. The minimum Gasteiger partial charge on any atom is -0.385 e. The number of hydrogen-bond acceptors (Lipinski definition) is 2. The van der Waals surface area contributed by atoms with Crippen LogP contribution < -0.4 is 5.32 Å². The smallest absolute Gasteiger partial charge is 0.256 e. The number of hydrogen-bond donors (Lipinski definition) is 1. The van der Waals surface area contributed by atoms with Gasteiger partial charge in [-0.15, -0.1) is 0 Å². The van der Waals surface area contributed by atoms with Gasteiger partial charge in [0.2, 0.25) is 0 Å². The monoisotopic (exact) mass is 292 g/mol. The lowest BCUT2D eigenvalue weighted by atomic mass is 9.89. The molecule has 1 amide bonds. The van der Waals surface area contributed by atoms with E-state index >= 15 is 0 Å². The first-order valence-electron chi connectivity index (χ1n) is 7.80. The Bertz CT molecular complexity index is 502. The van der Waals surface area contributed by atoms with Gasteiger partial charge >= 0.3 is 0 Å². The van der Waals surface area contributed by atoms with Crippen molar-refractivity contribution in [3.8, 4) is 0 Å². The average molecular weight is 292 g/mol. The molecule has 1 aromatic carbocycles. The van der Waals surface area contributed by atoms with E-state index in [1.807, 2.05) is 4.90 Å². The summed E-state index contributed by atoms with van der Waals surface area (Å²) in [5.41, 5.74) is 0.729. The highest BCUT2D eigenvalue weighted by Gasteiger charge is 2.25. The quantitative estimate of drug-likeness (QED) is 0.920. The molecule has 1 saturated heterocycles. The summed E-state index contributed by atoms with van der Waals surface area (Å²) < 4.78 is 13.8. The molecule has 0 bridgehead atoms. The highest BCUT2D eigenvalue weighted by Crippen LogP contribution is 2.27. The van der Waals surface area contributed by atoms with E-state index in [1.165, 1.54) is 12.5 Å². The summed E-state index contributed by atoms with van der Waals surface area (Å²) >= 11 is 0. The zero-order valence-corrected chi connectivity index (χ0v) is 13.2. The van der Waals surface area contributed by atoms with Gasteiger partial charge in [0.15, 0.2) is 0 Å². The number of nitrogens with one attached hydrogen (secondary N) is 1. The molecule has 1 aromatic rings. The van der Waals surface area contributed by atoms with Crippen molar-refractivity contribution in [3.05, 3.63) is 29.6 Å². The topological polar surface area (TPSA) is 32.3 Å². The zero-order valence-electron chi connectivity index (χ0n) is 13.2. The third kappa shape index (κ3) is 3.55. The fourth-order valence-corrected chi connectivity index (χ4v) is 3.12. The second-order valence-electron chi connectivity index (χ2n) is 6.14. The van der Waals surface area contributed by atoms with Crippen molar-refractivity contribution in [2.75, 3.05) is 25.5 Å². The number of amides is 1. The van der Waals surface area contributed by atoms with E-state index in [4.69, 9.17) is 0 Å². The van der Waals surface area contributed by atoms with E-state index in [2.05, 4.69) is 19.2 Å². The van der Waals surface area contributed by atoms with E-state index in [0.717, 1.165) is 25.9 Å². The number of carbonyl (C=O) groups excluding carboxylic acids is 1. The fourth-order valence-electron chi connectivity index (χ4n) is 3.12. The molecule has 0 aromatic heterocycles. The van der Waals surface area contributed by atoms with Crippen LogP contribution in [0.2, 0.25) is 0 Å². The summed E-state index contributed by atoms with van der Waals surface area (Å²) in [7, 11) is 1.65. The molecule has 1 fully saturated rings. The maximum atomic E-state index is 13.8. The number of para-hydroxylation sites is 1.